The van der Waals surface area contributed by atoms with Crippen molar-refractivity contribution in [2.75, 3.05) is 19.6 Å². The van der Waals surface area contributed by atoms with Crippen LogP contribution in [0.2, 0.25) is 0 Å². The Kier molecular flexibility index (Phi) is 4.19. The van der Waals surface area contributed by atoms with Gasteiger partial charge in [-0.2, -0.15) is 0 Å². The van der Waals surface area contributed by atoms with Crippen molar-refractivity contribution in [3.63, 3.8) is 0 Å². The predicted octanol–water partition coefficient (Wildman–Crippen LogP) is 3.41. The molecule has 1 heterocycles. The molecule has 2 N–H and O–H groups in total. The number of hydrogen-bond acceptors (Lipinski definition) is 2. The molecule has 110 valence electrons. The van der Waals surface area contributed by atoms with E-state index in [1.54, 1.807) is 0 Å². The van der Waals surface area contributed by atoms with Gasteiger partial charge in [-0.25, -0.2) is 0 Å². The Balaban J connectivity index is 1.67. The van der Waals surface area contributed by atoms with Crippen molar-refractivity contribution in [3.8, 4) is 0 Å². The highest BCUT2D eigenvalue weighted by molar-refractivity contribution is 4.98. The van der Waals surface area contributed by atoms with E-state index in [4.69, 9.17) is 5.73 Å². The lowest BCUT2D eigenvalue weighted by atomic mass is 9.71. The number of hydrogen-bond donors (Lipinski definition) is 1. The number of rotatable bonds is 2. The monoisotopic (exact) mass is 264 g/mol. The highest BCUT2D eigenvalue weighted by atomic mass is 15.2. The molecule has 0 aromatic carbocycles. The quantitative estimate of drug-likeness (QED) is 0.828. The molecule has 0 radical (unpaired) electrons. The zero-order valence-electron chi connectivity index (χ0n) is 12.7. The van der Waals surface area contributed by atoms with Crippen LogP contribution in [-0.4, -0.2) is 30.1 Å². The molecule has 3 aliphatic rings. The number of nitrogens with zero attached hydrogens (tertiary/aromatic N) is 1. The van der Waals surface area contributed by atoms with Gasteiger partial charge in [0.15, 0.2) is 0 Å². The summed E-state index contributed by atoms with van der Waals surface area (Å²) in [4.78, 5) is 2.82. The molecule has 0 aromatic rings. The molecule has 2 unspecified atom stereocenters. The molecule has 0 spiro atoms. The summed E-state index contributed by atoms with van der Waals surface area (Å²) in [5.74, 6) is 2.96. The van der Waals surface area contributed by atoms with Gasteiger partial charge in [-0.15, -0.1) is 0 Å². The van der Waals surface area contributed by atoms with Crippen LogP contribution in [0, 0.1) is 17.8 Å². The molecular weight excluding hydrogens is 232 g/mol. The third-order valence-electron chi connectivity index (χ3n) is 6.55. The Bertz CT molecular complexity index is 294. The predicted molar refractivity (Wildman–Crippen MR) is 81.1 cm³/mol. The van der Waals surface area contributed by atoms with Gasteiger partial charge in [0, 0.05) is 18.6 Å². The second-order valence-corrected chi connectivity index (χ2v) is 7.65. The first-order valence-corrected chi connectivity index (χ1v) is 8.69. The third-order valence-corrected chi connectivity index (χ3v) is 6.55. The summed E-state index contributed by atoms with van der Waals surface area (Å²) >= 11 is 0. The zero-order valence-corrected chi connectivity index (χ0v) is 12.7. The Morgan fingerprint density at radius 1 is 1.00 bits per heavy atom. The standard InChI is InChI=1S/C17H32N2/c1-14-6-9-17(13-18,10-7-14)19-11-8-15-4-2-3-5-16(15)12-19/h14-16H,2-13,18H2,1H3. The minimum atomic E-state index is 0.370. The number of fused-ring (bicyclic) bond motifs is 1. The summed E-state index contributed by atoms with van der Waals surface area (Å²) in [6.07, 6.45) is 12.9. The second-order valence-electron chi connectivity index (χ2n) is 7.65. The summed E-state index contributed by atoms with van der Waals surface area (Å²) in [5, 5.41) is 0. The Labute approximate surface area is 119 Å². The molecule has 2 heteroatoms. The van der Waals surface area contributed by atoms with Gasteiger partial charge >= 0.3 is 0 Å². The Hall–Kier alpha value is -0.0800. The van der Waals surface area contributed by atoms with E-state index in [2.05, 4.69) is 11.8 Å². The number of likely N-dealkylation sites (tertiary alicyclic amines) is 1. The van der Waals surface area contributed by atoms with Gasteiger partial charge in [0.2, 0.25) is 0 Å². The van der Waals surface area contributed by atoms with E-state index in [-0.39, 0.29) is 0 Å². The van der Waals surface area contributed by atoms with E-state index in [1.807, 2.05) is 0 Å². The molecule has 0 amide bonds. The molecule has 3 fully saturated rings. The lowest BCUT2D eigenvalue weighted by Crippen LogP contribution is -2.59. The Morgan fingerprint density at radius 3 is 2.37 bits per heavy atom. The van der Waals surface area contributed by atoms with Crippen molar-refractivity contribution in [2.45, 2.75) is 70.3 Å². The largest absolute Gasteiger partial charge is 0.329 e. The highest BCUT2D eigenvalue weighted by Gasteiger charge is 2.42. The molecule has 2 atom stereocenters. The van der Waals surface area contributed by atoms with Crippen molar-refractivity contribution in [1.29, 1.82) is 0 Å². The van der Waals surface area contributed by atoms with Gasteiger partial charge < -0.3 is 5.73 Å². The van der Waals surface area contributed by atoms with Crippen molar-refractivity contribution < 1.29 is 0 Å². The lowest BCUT2D eigenvalue weighted by Gasteiger charge is -2.52. The molecule has 1 saturated heterocycles. The maximum Gasteiger partial charge on any atom is 0.0332 e. The summed E-state index contributed by atoms with van der Waals surface area (Å²) in [5.41, 5.74) is 6.61. The first-order valence-electron chi connectivity index (χ1n) is 8.69. The molecule has 0 aromatic heterocycles. The molecule has 2 saturated carbocycles. The zero-order chi connectivity index (χ0) is 13.3. The van der Waals surface area contributed by atoms with Gasteiger partial charge in [-0.1, -0.05) is 26.2 Å². The average molecular weight is 264 g/mol. The maximum atomic E-state index is 6.24. The van der Waals surface area contributed by atoms with Crippen molar-refractivity contribution in [2.24, 2.45) is 23.5 Å². The van der Waals surface area contributed by atoms with Crippen molar-refractivity contribution in [3.05, 3.63) is 0 Å². The highest BCUT2D eigenvalue weighted by Crippen LogP contribution is 2.42. The molecule has 3 rings (SSSR count). The maximum absolute atomic E-state index is 6.24. The van der Waals surface area contributed by atoms with Gasteiger partial charge in [0.1, 0.15) is 0 Å². The molecule has 2 aliphatic carbocycles. The lowest BCUT2D eigenvalue weighted by molar-refractivity contribution is -0.0176. The second kappa shape index (κ2) is 5.73. The average Bonchev–Trinajstić information content (AvgIpc) is 2.48. The molecule has 19 heavy (non-hydrogen) atoms. The van der Waals surface area contributed by atoms with Crippen molar-refractivity contribution in [1.82, 2.24) is 4.90 Å². The molecule has 0 bridgehead atoms. The number of piperidine rings is 1. The smallest absolute Gasteiger partial charge is 0.0332 e. The van der Waals surface area contributed by atoms with E-state index in [0.29, 0.717) is 5.54 Å². The fraction of sp³-hybridized carbons (Fsp3) is 1.00. The molecule has 2 nitrogen and oxygen atoms in total. The van der Waals surface area contributed by atoms with Crippen LogP contribution in [0.3, 0.4) is 0 Å². The van der Waals surface area contributed by atoms with Gasteiger partial charge in [-0.3, -0.25) is 4.90 Å². The first kappa shape index (κ1) is 13.9. The van der Waals surface area contributed by atoms with E-state index in [9.17, 15) is 0 Å². The summed E-state index contributed by atoms with van der Waals surface area (Å²) in [7, 11) is 0. The van der Waals surface area contributed by atoms with E-state index < -0.39 is 0 Å². The van der Waals surface area contributed by atoms with Crippen LogP contribution in [-0.2, 0) is 0 Å². The van der Waals surface area contributed by atoms with E-state index >= 15 is 0 Å². The van der Waals surface area contributed by atoms with Crippen LogP contribution in [0.15, 0.2) is 0 Å². The van der Waals surface area contributed by atoms with E-state index in [0.717, 1.165) is 24.3 Å². The summed E-state index contributed by atoms with van der Waals surface area (Å²) < 4.78 is 0. The molecule has 1 aliphatic heterocycles. The van der Waals surface area contributed by atoms with Gasteiger partial charge in [0.25, 0.3) is 0 Å². The third kappa shape index (κ3) is 2.71. The van der Waals surface area contributed by atoms with Crippen LogP contribution in [0.5, 0.6) is 0 Å². The SMILES string of the molecule is CC1CCC(CN)(N2CCC3CCCCC3C2)CC1. The van der Waals surface area contributed by atoms with Gasteiger partial charge in [-0.05, 0) is 62.8 Å². The molecular formula is C17H32N2. The van der Waals surface area contributed by atoms with E-state index in [1.165, 1.54) is 70.9 Å². The van der Waals surface area contributed by atoms with Crippen LogP contribution < -0.4 is 5.73 Å². The van der Waals surface area contributed by atoms with Crippen LogP contribution >= 0.6 is 0 Å². The normalized spacial score (nSPS) is 44.8. The fourth-order valence-corrected chi connectivity index (χ4v) is 4.98. The van der Waals surface area contributed by atoms with Crippen molar-refractivity contribution >= 4 is 0 Å². The number of nitrogens with two attached hydrogens (primary N) is 1. The fourth-order valence-electron chi connectivity index (χ4n) is 4.98. The first-order chi connectivity index (χ1) is 9.23. The minimum Gasteiger partial charge on any atom is -0.329 e. The minimum absolute atomic E-state index is 0.370. The summed E-state index contributed by atoms with van der Waals surface area (Å²) in [6, 6.07) is 0. The summed E-state index contributed by atoms with van der Waals surface area (Å²) in [6.45, 7) is 5.98. The van der Waals surface area contributed by atoms with Crippen LogP contribution in [0.4, 0.5) is 0 Å². The van der Waals surface area contributed by atoms with Crippen LogP contribution in [0.1, 0.15) is 64.7 Å². The van der Waals surface area contributed by atoms with Gasteiger partial charge in [0.05, 0.1) is 0 Å². The Morgan fingerprint density at radius 2 is 1.68 bits per heavy atom. The topological polar surface area (TPSA) is 29.3 Å². The van der Waals surface area contributed by atoms with Crippen LogP contribution in [0.25, 0.3) is 0 Å².